The second-order valence-electron chi connectivity index (χ2n) is 2.88. The summed E-state index contributed by atoms with van der Waals surface area (Å²) in [5.74, 6) is -1.34. The van der Waals surface area contributed by atoms with Gasteiger partial charge in [0.25, 0.3) is 0 Å². The number of carboxylic acids is 1. The van der Waals surface area contributed by atoms with Crippen LogP contribution in [-0.4, -0.2) is 11.9 Å². The Morgan fingerprint density at radius 1 is 1.46 bits per heavy atom. The summed E-state index contributed by atoms with van der Waals surface area (Å²) >= 11 is 0. The van der Waals surface area contributed by atoms with Gasteiger partial charge in [0, 0.05) is 5.69 Å². The second-order valence-corrected chi connectivity index (χ2v) is 2.88. The Labute approximate surface area is 74.2 Å². The Bertz CT molecular complexity index is 398. The number of hydrogen-bond acceptors (Lipinski definition) is 3. The fraction of sp³-hybridized carbons (Fsp3) is 0.111. The van der Waals surface area contributed by atoms with Crippen LogP contribution in [0.4, 0.5) is 5.69 Å². The lowest BCUT2D eigenvalue weighted by Gasteiger charge is -2.04. The highest BCUT2D eigenvalue weighted by molar-refractivity contribution is 6.00. The smallest absolute Gasteiger partial charge is 0.228 e. The largest absolute Gasteiger partial charge is 0.545 e. The Morgan fingerprint density at radius 3 is 2.92 bits per heavy atom. The van der Waals surface area contributed by atoms with E-state index < -0.39 is 5.97 Å². The lowest BCUT2D eigenvalue weighted by atomic mass is 10.1. The van der Waals surface area contributed by atoms with E-state index in [9.17, 15) is 14.7 Å². The molecule has 0 aromatic heterocycles. The maximum atomic E-state index is 10.9. The van der Waals surface area contributed by atoms with Crippen LogP contribution in [0.2, 0.25) is 0 Å². The minimum absolute atomic E-state index is 0.0842. The molecule has 1 aliphatic heterocycles. The van der Waals surface area contributed by atoms with Crippen molar-refractivity contribution in [1.29, 1.82) is 0 Å². The third-order valence-corrected chi connectivity index (χ3v) is 1.97. The zero-order chi connectivity index (χ0) is 9.42. The van der Waals surface area contributed by atoms with Gasteiger partial charge in [0.2, 0.25) is 5.91 Å². The van der Waals surface area contributed by atoms with Crippen molar-refractivity contribution in [3.05, 3.63) is 29.3 Å². The molecule has 0 aliphatic carbocycles. The van der Waals surface area contributed by atoms with E-state index in [0.29, 0.717) is 12.1 Å². The normalized spacial score (nSPS) is 13.7. The maximum absolute atomic E-state index is 10.9. The average molecular weight is 176 g/mol. The number of nitrogens with one attached hydrogen (secondary N) is 1. The van der Waals surface area contributed by atoms with Gasteiger partial charge in [-0.3, -0.25) is 4.79 Å². The number of fused-ring (bicyclic) bond motifs is 1. The monoisotopic (exact) mass is 176 g/mol. The minimum atomic E-state index is -1.23. The van der Waals surface area contributed by atoms with Crippen molar-refractivity contribution in [2.45, 2.75) is 6.42 Å². The van der Waals surface area contributed by atoms with Crippen LogP contribution in [0.15, 0.2) is 18.2 Å². The number of benzene rings is 1. The zero-order valence-electron chi connectivity index (χ0n) is 6.66. The second kappa shape index (κ2) is 2.58. The molecule has 2 rings (SSSR count). The fourth-order valence-corrected chi connectivity index (χ4v) is 1.34. The number of carbonyl (C=O) groups is 2. The number of aromatic carboxylic acids is 1. The highest BCUT2D eigenvalue weighted by Gasteiger charge is 2.17. The number of anilines is 1. The summed E-state index contributed by atoms with van der Waals surface area (Å²) in [6, 6.07) is 4.47. The highest BCUT2D eigenvalue weighted by atomic mass is 16.4. The third-order valence-electron chi connectivity index (χ3n) is 1.97. The summed E-state index contributed by atoms with van der Waals surface area (Å²) < 4.78 is 0. The first-order chi connectivity index (χ1) is 6.16. The highest BCUT2D eigenvalue weighted by Crippen LogP contribution is 2.23. The quantitative estimate of drug-likeness (QED) is 0.629. The average Bonchev–Trinajstić information content (AvgIpc) is 2.42. The molecule has 0 radical (unpaired) electrons. The Kier molecular flexibility index (Phi) is 1.55. The van der Waals surface area contributed by atoms with E-state index in [1.807, 2.05) is 0 Å². The molecule has 0 unspecified atom stereocenters. The molecule has 0 spiro atoms. The summed E-state index contributed by atoms with van der Waals surface area (Å²) in [5.41, 5.74) is 1.49. The van der Waals surface area contributed by atoms with Gasteiger partial charge < -0.3 is 15.2 Å². The molecular weight excluding hydrogens is 170 g/mol. The first kappa shape index (κ1) is 7.79. The number of carbonyl (C=O) groups excluding carboxylic acids is 2. The van der Waals surface area contributed by atoms with Crippen LogP contribution in [0.25, 0.3) is 0 Å². The van der Waals surface area contributed by atoms with Crippen molar-refractivity contribution < 1.29 is 14.7 Å². The van der Waals surface area contributed by atoms with Gasteiger partial charge in [-0.1, -0.05) is 12.1 Å². The van der Waals surface area contributed by atoms with Gasteiger partial charge in [-0.05, 0) is 17.2 Å². The van der Waals surface area contributed by atoms with Crippen molar-refractivity contribution in [3.8, 4) is 0 Å². The van der Waals surface area contributed by atoms with Crippen LogP contribution in [0.3, 0.4) is 0 Å². The van der Waals surface area contributed by atoms with E-state index in [1.54, 1.807) is 6.07 Å². The van der Waals surface area contributed by atoms with Gasteiger partial charge in [-0.15, -0.1) is 0 Å². The van der Waals surface area contributed by atoms with Crippen LogP contribution >= 0.6 is 0 Å². The van der Waals surface area contributed by atoms with E-state index in [1.165, 1.54) is 12.1 Å². The summed E-state index contributed by atoms with van der Waals surface area (Å²) in [5, 5.41) is 13.0. The predicted molar refractivity (Wildman–Crippen MR) is 43.1 cm³/mol. The lowest BCUT2D eigenvalue weighted by molar-refractivity contribution is -0.255. The molecule has 1 aromatic carbocycles. The Balaban J connectivity index is 2.45. The maximum Gasteiger partial charge on any atom is 0.228 e. The Hall–Kier alpha value is -1.84. The van der Waals surface area contributed by atoms with E-state index in [2.05, 4.69) is 5.32 Å². The van der Waals surface area contributed by atoms with Crippen LogP contribution in [0, 0.1) is 0 Å². The summed E-state index contributed by atoms with van der Waals surface area (Å²) in [6.45, 7) is 0. The standard InChI is InChI=1S/C9H7NO3/c11-8-4-5-1-2-6(9(12)13)3-7(5)10-8/h1-3H,4H2,(H,10,11)(H,12,13)/p-1. The molecular formula is C9H6NO3-. The molecule has 0 saturated heterocycles. The van der Waals surface area contributed by atoms with Gasteiger partial charge in [-0.25, -0.2) is 0 Å². The van der Waals surface area contributed by atoms with Crippen molar-refractivity contribution in [1.82, 2.24) is 0 Å². The van der Waals surface area contributed by atoms with E-state index >= 15 is 0 Å². The zero-order valence-corrected chi connectivity index (χ0v) is 6.66. The predicted octanol–water partition coefficient (Wildman–Crippen LogP) is -0.455. The van der Waals surface area contributed by atoms with Crippen LogP contribution in [0.5, 0.6) is 0 Å². The van der Waals surface area contributed by atoms with Gasteiger partial charge >= 0.3 is 0 Å². The molecule has 66 valence electrons. The first-order valence-electron chi connectivity index (χ1n) is 3.81. The molecule has 1 heterocycles. The van der Waals surface area contributed by atoms with Crippen molar-refractivity contribution in [2.75, 3.05) is 5.32 Å². The number of hydrogen-bond donors (Lipinski definition) is 1. The molecule has 1 amide bonds. The lowest BCUT2D eigenvalue weighted by Crippen LogP contribution is -2.22. The molecule has 4 heteroatoms. The number of carboxylic acid groups (broad SMARTS) is 1. The Morgan fingerprint density at radius 2 is 2.23 bits per heavy atom. The van der Waals surface area contributed by atoms with Gasteiger partial charge in [0.1, 0.15) is 0 Å². The SMILES string of the molecule is O=C1Cc2ccc(C(=O)[O-])cc2N1. The van der Waals surface area contributed by atoms with Gasteiger partial charge in [0.05, 0.1) is 12.4 Å². The third kappa shape index (κ3) is 1.26. The van der Waals surface area contributed by atoms with Crippen LogP contribution in [0.1, 0.15) is 15.9 Å². The van der Waals surface area contributed by atoms with E-state index in [4.69, 9.17) is 0 Å². The fourth-order valence-electron chi connectivity index (χ4n) is 1.34. The number of rotatable bonds is 1. The van der Waals surface area contributed by atoms with Gasteiger partial charge in [-0.2, -0.15) is 0 Å². The molecule has 1 aromatic rings. The molecule has 4 nitrogen and oxygen atoms in total. The van der Waals surface area contributed by atoms with Crippen molar-refractivity contribution >= 4 is 17.6 Å². The summed E-state index contributed by atoms with van der Waals surface area (Å²) in [4.78, 5) is 21.4. The molecule has 1 aliphatic rings. The van der Waals surface area contributed by atoms with Crippen molar-refractivity contribution in [3.63, 3.8) is 0 Å². The molecule has 0 bridgehead atoms. The first-order valence-corrected chi connectivity index (χ1v) is 3.81. The topological polar surface area (TPSA) is 69.2 Å². The van der Waals surface area contributed by atoms with E-state index in [-0.39, 0.29) is 11.5 Å². The molecule has 13 heavy (non-hydrogen) atoms. The van der Waals surface area contributed by atoms with Gasteiger partial charge in [0.15, 0.2) is 0 Å². The number of amides is 1. The van der Waals surface area contributed by atoms with Crippen LogP contribution in [-0.2, 0) is 11.2 Å². The van der Waals surface area contributed by atoms with Crippen LogP contribution < -0.4 is 10.4 Å². The molecule has 1 N–H and O–H groups in total. The van der Waals surface area contributed by atoms with Crippen molar-refractivity contribution in [2.24, 2.45) is 0 Å². The molecule has 0 fully saturated rings. The summed E-state index contributed by atoms with van der Waals surface area (Å²) in [6.07, 6.45) is 0.322. The molecule has 0 atom stereocenters. The minimum Gasteiger partial charge on any atom is -0.545 e. The molecule has 0 saturated carbocycles. The van der Waals surface area contributed by atoms with E-state index in [0.717, 1.165) is 5.56 Å². The summed E-state index contributed by atoms with van der Waals surface area (Å²) in [7, 11) is 0.